The van der Waals surface area contributed by atoms with Crippen LogP contribution in [-0.4, -0.2) is 49.7 Å². The number of benzene rings is 2. The summed E-state index contributed by atoms with van der Waals surface area (Å²) in [7, 11) is -3.38. The lowest BCUT2D eigenvalue weighted by Gasteiger charge is -2.34. The largest absolute Gasteiger partial charge is 0.336 e. The van der Waals surface area contributed by atoms with Gasteiger partial charge in [-0.2, -0.15) is 4.31 Å². The van der Waals surface area contributed by atoms with Crippen molar-refractivity contribution < 1.29 is 13.2 Å². The number of rotatable bonds is 4. The lowest BCUT2D eigenvalue weighted by molar-refractivity contribution is 0.0698. The van der Waals surface area contributed by atoms with E-state index in [-0.39, 0.29) is 11.7 Å². The van der Waals surface area contributed by atoms with Gasteiger partial charge in [-0.15, -0.1) is 0 Å². The van der Waals surface area contributed by atoms with Crippen molar-refractivity contribution in [2.45, 2.75) is 5.75 Å². The summed E-state index contributed by atoms with van der Waals surface area (Å²) >= 11 is 5.93. The minimum atomic E-state index is -3.38. The van der Waals surface area contributed by atoms with Gasteiger partial charge in [0.15, 0.2) is 0 Å². The van der Waals surface area contributed by atoms with Gasteiger partial charge in [0, 0.05) is 36.8 Å². The van der Waals surface area contributed by atoms with Crippen LogP contribution in [-0.2, 0) is 15.8 Å². The third kappa shape index (κ3) is 4.39. The summed E-state index contributed by atoms with van der Waals surface area (Å²) in [6.07, 6.45) is 0. The summed E-state index contributed by atoms with van der Waals surface area (Å²) in [5.41, 5.74) is 1.29. The first-order valence-corrected chi connectivity index (χ1v) is 10.0. The molecular weight excluding hydrogens is 360 g/mol. The predicted octanol–water partition coefficient (Wildman–Crippen LogP) is 2.63. The molecule has 0 aromatic heterocycles. The zero-order valence-corrected chi connectivity index (χ0v) is 15.2. The van der Waals surface area contributed by atoms with Crippen molar-refractivity contribution in [3.8, 4) is 0 Å². The zero-order valence-electron chi connectivity index (χ0n) is 13.6. The number of amides is 1. The molecule has 1 aliphatic rings. The van der Waals surface area contributed by atoms with Gasteiger partial charge in [-0.25, -0.2) is 8.42 Å². The molecular formula is C18H19ClN2O3S. The average molecular weight is 379 g/mol. The first-order chi connectivity index (χ1) is 12.0. The number of carbonyl (C=O) groups excluding carboxylic acids is 1. The second-order valence-corrected chi connectivity index (χ2v) is 8.35. The Hall–Kier alpha value is -1.89. The molecule has 1 aliphatic heterocycles. The summed E-state index contributed by atoms with van der Waals surface area (Å²) in [6, 6.07) is 15.9. The van der Waals surface area contributed by atoms with Crippen LogP contribution in [0, 0.1) is 0 Å². The van der Waals surface area contributed by atoms with Gasteiger partial charge in [0.2, 0.25) is 10.0 Å². The number of nitrogens with zero attached hydrogens (tertiary/aromatic N) is 2. The van der Waals surface area contributed by atoms with Gasteiger partial charge < -0.3 is 4.90 Å². The molecule has 2 aromatic carbocycles. The van der Waals surface area contributed by atoms with Crippen LogP contribution in [0.25, 0.3) is 0 Å². The maximum Gasteiger partial charge on any atom is 0.253 e. The normalized spacial score (nSPS) is 16.0. The molecule has 1 fully saturated rings. The van der Waals surface area contributed by atoms with E-state index in [1.165, 1.54) is 4.31 Å². The van der Waals surface area contributed by atoms with Gasteiger partial charge in [-0.05, 0) is 23.8 Å². The molecule has 25 heavy (non-hydrogen) atoms. The van der Waals surface area contributed by atoms with E-state index in [0.29, 0.717) is 36.8 Å². The smallest absolute Gasteiger partial charge is 0.253 e. The van der Waals surface area contributed by atoms with Gasteiger partial charge in [0.1, 0.15) is 0 Å². The van der Waals surface area contributed by atoms with Crippen LogP contribution in [0.5, 0.6) is 0 Å². The van der Waals surface area contributed by atoms with E-state index in [0.717, 1.165) is 5.56 Å². The van der Waals surface area contributed by atoms with Crippen LogP contribution in [0.15, 0.2) is 54.6 Å². The van der Waals surface area contributed by atoms with Gasteiger partial charge in [-0.1, -0.05) is 48.0 Å². The number of hydrogen-bond acceptors (Lipinski definition) is 3. The second kappa shape index (κ2) is 7.56. The highest BCUT2D eigenvalue weighted by atomic mass is 35.5. The summed E-state index contributed by atoms with van der Waals surface area (Å²) in [5, 5.41) is 0.509. The van der Waals surface area contributed by atoms with Gasteiger partial charge >= 0.3 is 0 Å². The molecule has 1 heterocycles. The molecule has 7 heteroatoms. The third-order valence-corrected chi connectivity index (χ3v) is 6.27. The minimum Gasteiger partial charge on any atom is -0.336 e. The zero-order chi connectivity index (χ0) is 17.9. The molecule has 0 N–H and O–H groups in total. The van der Waals surface area contributed by atoms with E-state index in [9.17, 15) is 13.2 Å². The van der Waals surface area contributed by atoms with E-state index in [1.807, 2.05) is 18.2 Å². The molecule has 0 saturated carbocycles. The highest BCUT2D eigenvalue weighted by Crippen LogP contribution is 2.17. The Morgan fingerprint density at radius 1 is 0.960 bits per heavy atom. The molecule has 0 radical (unpaired) electrons. The van der Waals surface area contributed by atoms with Crippen molar-refractivity contribution in [2.24, 2.45) is 0 Å². The Morgan fingerprint density at radius 3 is 2.28 bits per heavy atom. The molecule has 0 spiro atoms. The fourth-order valence-corrected chi connectivity index (χ4v) is 4.56. The lowest BCUT2D eigenvalue weighted by atomic mass is 10.2. The molecule has 1 amide bonds. The molecule has 0 bridgehead atoms. The van der Waals surface area contributed by atoms with Gasteiger partial charge in [-0.3, -0.25) is 4.79 Å². The highest BCUT2D eigenvalue weighted by molar-refractivity contribution is 7.88. The molecule has 0 unspecified atom stereocenters. The maximum absolute atomic E-state index is 12.6. The van der Waals surface area contributed by atoms with Crippen molar-refractivity contribution in [3.63, 3.8) is 0 Å². The monoisotopic (exact) mass is 378 g/mol. The fourth-order valence-electron chi connectivity index (χ4n) is 2.85. The Bertz CT molecular complexity index is 848. The third-order valence-electron chi connectivity index (χ3n) is 4.18. The minimum absolute atomic E-state index is 0.0178. The van der Waals surface area contributed by atoms with E-state index in [2.05, 4.69) is 0 Å². The van der Waals surface area contributed by atoms with Crippen LogP contribution in [0.1, 0.15) is 15.9 Å². The maximum atomic E-state index is 12.6. The Balaban J connectivity index is 1.62. The molecule has 0 aliphatic carbocycles. The molecule has 1 saturated heterocycles. The molecule has 5 nitrogen and oxygen atoms in total. The number of sulfonamides is 1. The number of piperazine rings is 1. The molecule has 0 atom stereocenters. The molecule has 132 valence electrons. The number of carbonyl (C=O) groups is 1. The number of hydrogen-bond donors (Lipinski definition) is 0. The highest BCUT2D eigenvalue weighted by Gasteiger charge is 2.29. The van der Waals surface area contributed by atoms with E-state index in [1.54, 1.807) is 41.3 Å². The van der Waals surface area contributed by atoms with Crippen LogP contribution >= 0.6 is 11.6 Å². The Kier molecular flexibility index (Phi) is 5.42. The second-order valence-electron chi connectivity index (χ2n) is 5.94. The van der Waals surface area contributed by atoms with Crippen molar-refractivity contribution in [2.75, 3.05) is 26.2 Å². The topological polar surface area (TPSA) is 57.7 Å². The van der Waals surface area contributed by atoms with Crippen molar-refractivity contribution >= 4 is 27.5 Å². The van der Waals surface area contributed by atoms with E-state index < -0.39 is 10.0 Å². The first-order valence-electron chi connectivity index (χ1n) is 8.02. The van der Waals surface area contributed by atoms with Crippen molar-refractivity contribution in [3.05, 3.63) is 70.7 Å². The van der Waals surface area contributed by atoms with Gasteiger partial charge in [0.25, 0.3) is 5.91 Å². The van der Waals surface area contributed by atoms with Crippen LogP contribution in [0.4, 0.5) is 0 Å². The number of halogens is 1. The fraction of sp³-hybridized carbons (Fsp3) is 0.278. The Labute approximate surface area is 152 Å². The van der Waals surface area contributed by atoms with E-state index >= 15 is 0 Å². The van der Waals surface area contributed by atoms with Gasteiger partial charge in [0.05, 0.1) is 5.75 Å². The SMILES string of the molecule is O=C(c1cccc(Cl)c1)N1CCN(S(=O)(=O)Cc2ccccc2)CC1. The standard InChI is InChI=1S/C18H19ClN2O3S/c19-17-8-4-7-16(13-17)18(22)20-9-11-21(12-10-20)25(23,24)14-15-5-2-1-3-6-15/h1-8,13H,9-12,14H2. The molecule has 2 aromatic rings. The van der Waals surface area contributed by atoms with Crippen molar-refractivity contribution in [1.82, 2.24) is 9.21 Å². The summed E-state index contributed by atoms with van der Waals surface area (Å²) in [6.45, 7) is 1.36. The lowest BCUT2D eigenvalue weighted by Crippen LogP contribution is -2.50. The molecule has 3 rings (SSSR count). The quantitative estimate of drug-likeness (QED) is 0.821. The van der Waals surface area contributed by atoms with Crippen molar-refractivity contribution in [1.29, 1.82) is 0 Å². The summed E-state index contributed by atoms with van der Waals surface area (Å²) in [5.74, 6) is -0.140. The average Bonchev–Trinajstić information content (AvgIpc) is 2.62. The van der Waals surface area contributed by atoms with E-state index in [4.69, 9.17) is 11.6 Å². The first kappa shape index (κ1) is 17.9. The Morgan fingerprint density at radius 2 is 1.64 bits per heavy atom. The predicted molar refractivity (Wildman–Crippen MR) is 98.0 cm³/mol. The van der Waals surface area contributed by atoms with Crippen LogP contribution in [0.3, 0.4) is 0 Å². The van der Waals surface area contributed by atoms with Crippen LogP contribution < -0.4 is 0 Å². The summed E-state index contributed by atoms with van der Waals surface area (Å²) in [4.78, 5) is 14.2. The van der Waals surface area contributed by atoms with Crippen LogP contribution in [0.2, 0.25) is 5.02 Å². The summed E-state index contributed by atoms with van der Waals surface area (Å²) < 4.78 is 26.6.